The molecule has 1 aromatic carbocycles. The van der Waals surface area contributed by atoms with E-state index in [0.29, 0.717) is 5.56 Å². The molecule has 0 spiro atoms. The number of benzene rings is 1. The molecule has 16 heavy (non-hydrogen) atoms. The van der Waals surface area contributed by atoms with Crippen LogP contribution in [-0.2, 0) is 0 Å². The van der Waals surface area contributed by atoms with Crippen molar-refractivity contribution >= 4 is 11.5 Å². The molecule has 0 fully saturated rings. The van der Waals surface area contributed by atoms with E-state index in [4.69, 9.17) is 5.73 Å². The minimum Gasteiger partial charge on any atom is -0.507 e. The van der Waals surface area contributed by atoms with Crippen molar-refractivity contribution < 1.29 is 10.0 Å². The van der Waals surface area contributed by atoms with Gasteiger partial charge in [-0.15, -0.1) is 0 Å². The molecule has 0 amide bonds. The Morgan fingerprint density at radius 1 is 1.44 bits per heavy atom. The number of hydrogen-bond donors (Lipinski definition) is 3. The number of hydrogen-bond acceptors (Lipinski definition) is 5. The number of nitrogen functional groups attached to an aromatic ring is 1. The fourth-order valence-corrected chi connectivity index (χ4v) is 1.36. The van der Waals surface area contributed by atoms with E-state index >= 15 is 0 Å². The van der Waals surface area contributed by atoms with E-state index in [1.165, 1.54) is 24.4 Å². The number of nitro benzene ring substituents is 1. The number of phenolic OH excluding ortho intramolecular Hbond substituents is 1. The van der Waals surface area contributed by atoms with Crippen molar-refractivity contribution in [1.82, 2.24) is 10.2 Å². The number of rotatable bonds is 2. The molecule has 0 unspecified atom stereocenters. The maximum atomic E-state index is 10.6. The molecule has 0 aliphatic heterocycles. The first-order chi connectivity index (χ1) is 7.59. The van der Waals surface area contributed by atoms with Gasteiger partial charge in [0.25, 0.3) is 5.69 Å². The molecule has 0 atom stereocenters. The lowest BCUT2D eigenvalue weighted by molar-refractivity contribution is -0.384. The highest BCUT2D eigenvalue weighted by atomic mass is 16.6. The lowest BCUT2D eigenvalue weighted by Gasteiger charge is -2.02. The van der Waals surface area contributed by atoms with Gasteiger partial charge in [0, 0.05) is 23.3 Å². The summed E-state index contributed by atoms with van der Waals surface area (Å²) in [6, 6.07) is 3.71. The maximum Gasteiger partial charge on any atom is 0.270 e. The minimum absolute atomic E-state index is 0.0845. The molecular weight excluding hydrogens is 212 g/mol. The summed E-state index contributed by atoms with van der Waals surface area (Å²) in [5.41, 5.74) is 6.16. The molecule has 0 saturated heterocycles. The standard InChI is InChI=1S/C9H8N4O3/c10-9-7(4-11-12-9)6-3-5(13(15)16)1-2-8(6)14/h1-4,14H,(H3,10,11,12). The third kappa shape index (κ3) is 1.54. The Labute approximate surface area is 89.7 Å². The number of nitro groups is 1. The number of H-pyrrole nitrogens is 1. The average Bonchev–Trinajstić information content (AvgIpc) is 2.65. The summed E-state index contributed by atoms with van der Waals surface area (Å²) in [5, 5.41) is 26.4. The SMILES string of the molecule is Nc1[nH]ncc1-c1cc([N+](=O)[O-])ccc1O. The van der Waals surface area contributed by atoms with Crippen molar-refractivity contribution in [3.05, 3.63) is 34.5 Å². The minimum atomic E-state index is -0.542. The number of non-ortho nitro benzene ring substituents is 1. The summed E-state index contributed by atoms with van der Waals surface area (Å²) in [7, 11) is 0. The van der Waals surface area contributed by atoms with Gasteiger partial charge in [-0.3, -0.25) is 15.2 Å². The lowest BCUT2D eigenvalue weighted by Crippen LogP contribution is -1.91. The highest BCUT2D eigenvalue weighted by Gasteiger charge is 2.14. The van der Waals surface area contributed by atoms with E-state index in [-0.39, 0.29) is 22.8 Å². The number of aromatic nitrogens is 2. The summed E-state index contributed by atoms with van der Waals surface area (Å²) in [5.74, 6) is 0.162. The number of nitrogens with one attached hydrogen (secondary N) is 1. The van der Waals surface area contributed by atoms with Crippen LogP contribution in [0.5, 0.6) is 5.75 Å². The van der Waals surface area contributed by atoms with Gasteiger partial charge in [-0.2, -0.15) is 5.10 Å². The first kappa shape index (κ1) is 9.97. The van der Waals surface area contributed by atoms with Crippen LogP contribution in [0, 0.1) is 10.1 Å². The topological polar surface area (TPSA) is 118 Å². The highest BCUT2D eigenvalue weighted by Crippen LogP contribution is 2.34. The Morgan fingerprint density at radius 2 is 2.19 bits per heavy atom. The second kappa shape index (κ2) is 3.54. The van der Waals surface area contributed by atoms with Crippen LogP contribution in [0.25, 0.3) is 11.1 Å². The Balaban J connectivity index is 2.60. The lowest BCUT2D eigenvalue weighted by atomic mass is 10.1. The predicted molar refractivity (Wildman–Crippen MR) is 56.8 cm³/mol. The van der Waals surface area contributed by atoms with Gasteiger partial charge in [0.05, 0.1) is 11.1 Å². The van der Waals surface area contributed by atoms with E-state index in [9.17, 15) is 15.2 Å². The Morgan fingerprint density at radius 3 is 2.75 bits per heavy atom. The Bertz CT molecular complexity index is 549. The van der Waals surface area contributed by atoms with Crippen LogP contribution in [0.1, 0.15) is 0 Å². The molecule has 0 bridgehead atoms. The quantitative estimate of drug-likeness (QED) is 0.520. The van der Waals surface area contributed by atoms with E-state index in [0.717, 1.165) is 0 Å². The highest BCUT2D eigenvalue weighted by molar-refractivity contribution is 5.79. The summed E-state index contributed by atoms with van der Waals surface area (Å²) in [6.45, 7) is 0. The van der Waals surface area contributed by atoms with Gasteiger partial charge in [0.1, 0.15) is 11.6 Å². The predicted octanol–water partition coefficient (Wildman–Crippen LogP) is 1.27. The number of nitrogens with two attached hydrogens (primary N) is 1. The number of nitrogens with zero attached hydrogens (tertiary/aromatic N) is 2. The second-order valence-electron chi connectivity index (χ2n) is 3.16. The van der Waals surface area contributed by atoms with E-state index in [2.05, 4.69) is 10.2 Å². The normalized spacial score (nSPS) is 10.2. The number of phenols is 1. The molecule has 82 valence electrons. The smallest absolute Gasteiger partial charge is 0.270 e. The molecular formula is C9H8N4O3. The number of aromatic hydroxyl groups is 1. The zero-order valence-electron chi connectivity index (χ0n) is 8.04. The molecule has 0 saturated carbocycles. The fraction of sp³-hybridized carbons (Fsp3) is 0. The van der Waals surface area contributed by atoms with Crippen LogP contribution in [0.3, 0.4) is 0 Å². The van der Waals surface area contributed by atoms with E-state index in [1.807, 2.05) is 0 Å². The van der Waals surface area contributed by atoms with Crippen molar-refractivity contribution in [3.63, 3.8) is 0 Å². The summed E-state index contributed by atoms with van der Waals surface area (Å²) in [6.07, 6.45) is 1.40. The van der Waals surface area contributed by atoms with Crippen LogP contribution in [-0.4, -0.2) is 20.2 Å². The Kier molecular flexibility index (Phi) is 2.20. The van der Waals surface area contributed by atoms with E-state index < -0.39 is 4.92 Å². The molecule has 7 nitrogen and oxygen atoms in total. The molecule has 1 heterocycles. The summed E-state index contributed by atoms with van der Waals surface area (Å²) >= 11 is 0. The van der Waals surface area contributed by atoms with Gasteiger partial charge in [0.2, 0.25) is 0 Å². The summed E-state index contributed by atoms with van der Waals surface area (Å²) < 4.78 is 0. The number of aromatic amines is 1. The number of anilines is 1. The fourth-order valence-electron chi connectivity index (χ4n) is 1.36. The van der Waals surface area contributed by atoms with Gasteiger partial charge < -0.3 is 10.8 Å². The van der Waals surface area contributed by atoms with Crippen LogP contribution < -0.4 is 5.73 Å². The van der Waals surface area contributed by atoms with Gasteiger partial charge in [-0.25, -0.2) is 0 Å². The first-order valence-corrected chi connectivity index (χ1v) is 4.36. The average molecular weight is 220 g/mol. The molecule has 7 heteroatoms. The molecule has 1 aromatic heterocycles. The van der Waals surface area contributed by atoms with Crippen LogP contribution in [0.4, 0.5) is 11.5 Å². The van der Waals surface area contributed by atoms with Crippen LogP contribution in [0.15, 0.2) is 24.4 Å². The van der Waals surface area contributed by atoms with E-state index in [1.54, 1.807) is 0 Å². The zero-order valence-corrected chi connectivity index (χ0v) is 8.04. The van der Waals surface area contributed by atoms with Gasteiger partial charge >= 0.3 is 0 Å². The van der Waals surface area contributed by atoms with Crippen molar-refractivity contribution in [2.45, 2.75) is 0 Å². The molecule has 2 aromatic rings. The van der Waals surface area contributed by atoms with Crippen LogP contribution in [0.2, 0.25) is 0 Å². The third-order valence-electron chi connectivity index (χ3n) is 2.15. The van der Waals surface area contributed by atoms with Crippen molar-refractivity contribution in [2.24, 2.45) is 0 Å². The molecule has 0 aliphatic rings. The van der Waals surface area contributed by atoms with Crippen LogP contribution >= 0.6 is 0 Å². The Hall–Kier alpha value is -2.57. The largest absolute Gasteiger partial charge is 0.507 e. The van der Waals surface area contributed by atoms with Gasteiger partial charge in [-0.05, 0) is 6.07 Å². The maximum absolute atomic E-state index is 10.6. The molecule has 0 radical (unpaired) electrons. The summed E-state index contributed by atoms with van der Waals surface area (Å²) in [4.78, 5) is 10.0. The molecule has 2 rings (SSSR count). The monoisotopic (exact) mass is 220 g/mol. The molecule has 0 aliphatic carbocycles. The third-order valence-corrected chi connectivity index (χ3v) is 2.15. The van der Waals surface area contributed by atoms with Crippen molar-refractivity contribution in [1.29, 1.82) is 0 Å². The second-order valence-corrected chi connectivity index (χ2v) is 3.16. The molecule has 4 N–H and O–H groups in total. The zero-order chi connectivity index (χ0) is 11.7. The van der Waals surface area contributed by atoms with Gasteiger partial charge in [-0.1, -0.05) is 0 Å². The first-order valence-electron chi connectivity index (χ1n) is 4.36. The van der Waals surface area contributed by atoms with Gasteiger partial charge in [0.15, 0.2) is 0 Å². The van der Waals surface area contributed by atoms with Crippen molar-refractivity contribution in [3.8, 4) is 16.9 Å². The van der Waals surface area contributed by atoms with Crippen molar-refractivity contribution in [2.75, 3.05) is 5.73 Å².